The van der Waals surface area contributed by atoms with E-state index >= 15 is 0 Å². The van der Waals surface area contributed by atoms with E-state index in [9.17, 15) is 4.79 Å². The first kappa shape index (κ1) is 19.2. The van der Waals surface area contributed by atoms with Crippen molar-refractivity contribution in [1.29, 1.82) is 0 Å². The number of thiocarbonyl (C=S) groups is 1. The molecule has 0 aromatic carbocycles. The van der Waals surface area contributed by atoms with E-state index in [-0.39, 0.29) is 11.9 Å². The molecule has 3 N–H and O–H groups in total. The number of piperazine rings is 1. The summed E-state index contributed by atoms with van der Waals surface area (Å²) in [4.78, 5) is 24.1. The predicted molar refractivity (Wildman–Crippen MR) is 103 cm³/mol. The lowest BCUT2D eigenvalue weighted by atomic mass is 10.3. The van der Waals surface area contributed by atoms with Gasteiger partial charge >= 0.3 is 6.09 Å². The third-order valence-corrected chi connectivity index (χ3v) is 4.52. The van der Waals surface area contributed by atoms with Crippen LogP contribution in [0, 0.1) is 0 Å². The van der Waals surface area contributed by atoms with Crippen molar-refractivity contribution in [3.63, 3.8) is 0 Å². The molecule has 1 saturated heterocycles. The predicted octanol–water partition coefficient (Wildman–Crippen LogP) is 0.613. The summed E-state index contributed by atoms with van der Waals surface area (Å²) in [6.45, 7) is 4.59. The second-order valence-electron chi connectivity index (χ2n) is 5.04. The molecule has 0 aliphatic carbocycles. The molecule has 1 aromatic rings. The van der Waals surface area contributed by atoms with Crippen molar-refractivity contribution in [2.24, 2.45) is 10.8 Å². The van der Waals surface area contributed by atoms with Crippen molar-refractivity contribution in [3.8, 4) is 0 Å². The molecule has 0 atom stereocenters. The Balaban J connectivity index is 2.00. The summed E-state index contributed by atoms with van der Waals surface area (Å²) in [7, 11) is 0. The van der Waals surface area contributed by atoms with Crippen molar-refractivity contribution in [2.45, 2.75) is 6.92 Å². The Morgan fingerprint density at radius 2 is 2.16 bits per heavy atom. The Morgan fingerprint density at radius 3 is 2.80 bits per heavy atom. The summed E-state index contributed by atoms with van der Waals surface area (Å²) in [5.41, 5.74) is 9.06. The van der Waals surface area contributed by atoms with Gasteiger partial charge in [-0.15, -0.1) is 0 Å². The minimum absolute atomic E-state index is 0.205. The molecule has 0 spiro atoms. The van der Waals surface area contributed by atoms with E-state index in [4.69, 9.17) is 22.7 Å². The smallest absolute Gasteiger partial charge is 0.409 e. The van der Waals surface area contributed by atoms with Crippen molar-refractivity contribution < 1.29 is 9.53 Å². The molecule has 136 valence electrons. The Bertz CT molecular complexity index is 648. The minimum Gasteiger partial charge on any atom is -0.450 e. The molecule has 0 bridgehead atoms. The zero-order chi connectivity index (χ0) is 18.2. The number of rotatable bonds is 4. The van der Waals surface area contributed by atoms with E-state index in [2.05, 4.69) is 20.5 Å². The van der Waals surface area contributed by atoms with Gasteiger partial charge in [0.05, 0.1) is 19.0 Å². The van der Waals surface area contributed by atoms with E-state index in [1.807, 2.05) is 11.2 Å². The third-order valence-electron chi connectivity index (χ3n) is 3.47. The summed E-state index contributed by atoms with van der Waals surface area (Å²) in [5.74, 6) is 0.891. The van der Waals surface area contributed by atoms with Crippen LogP contribution in [0.25, 0.3) is 0 Å². The Hall–Kier alpha value is -2.14. The van der Waals surface area contributed by atoms with Gasteiger partial charge in [0.25, 0.3) is 0 Å². The molecule has 11 heteroatoms. The molecule has 9 nitrogen and oxygen atoms in total. The van der Waals surface area contributed by atoms with Crippen molar-refractivity contribution in [1.82, 2.24) is 20.3 Å². The van der Waals surface area contributed by atoms with Crippen LogP contribution in [-0.2, 0) is 4.74 Å². The average Bonchev–Trinajstić information content (AvgIpc) is 2.66. The topological polar surface area (TPSA) is 109 Å². The maximum Gasteiger partial charge on any atom is 0.409 e. The number of amides is 1. The number of ether oxygens (including phenoxy) is 1. The number of nitrogens with two attached hydrogens (primary N) is 1. The molecule has 0 saturated carbocycles. The monoisotopic (exact) mass is 383 g/mol. The molecule has 1 aliphatic rings. The number of nitrogens with zero attached hydrogens (tertiary/aromatic N) is 5. The minimum atomic E-state index is -0.283. The highest BCUT2D eigenvalue weighted by atomic mass is 32.2. The highest BCUT2D eigenvalue weighted by molar-refractivity contribution is 8.22. The molecule has 1 amide bonds. The highest BCUT2D eigenvalue weighted by Gasteiger charge is 2.23. The van der Waals surface area contributed by atoms with Crippen molar-refractivity contribution in [2.75, 3.05) is 43.9 Å². The first-order valence-corrected chi connectivity index (χ1v) is 9.34. The molecular formula is C14H21N7O2S2. The van der Waals surface area contributed by atoms with E-state index in [1.165, 1.54) is 11.8 Å². The second kappa shape index (κ2) is 9.37. The number of hydrogen-bond donors (Lipinski definition) is 2. The number of amidine groups is 1. The molecule has 1 fully saturated rings. The van der Waals surface area contributed by atoms with Crippen LogP contribution >= 0.6 is 24.0 Å². The van der Waals surface area contributed by atoms with Crippen LogP contribution in [0.3, 0.4) is 0 Å². The van der Waals surface area contributed by atoms with Crippen LogP contribution in [0.5, 0.6) is 0 Å². The first-order valence-electron chi connectivity index (χ1n) is 7.71. The van der Waals surface area contributed by atoms with Crippen molar-refractivity contribution >= 4 is 46.0 Å². The van der Waals surface area contributed by atoms with Gasteiger partial charge in [-0.05, 0) is 13.2 Å². The lowest BCUT2D eigenvalue weighted by Crippen LogP contribution is -2.49. The van der Waals surface area contributed by atoms with Crippen LogP contribution in [0.15, 0.2) is 17.5 Å². The van der Waals surface area contributed by atoms with Gasteiger partial charge in [-0.1, -0.05) is 24.0 Å². The fraction of sp³-hybridized carbons (Fsp3) is 0.500. The maximum atomic E-state index is 11.7. The fourth-order valence-electron chi connectivity index (χ4n) is 2.17. The molecular weight excluding hydrogens is 362 g/mol. The number of nitrogens with one attached hydrogen (secondary N) is 1. The quantitative estimate of drug-likeness (QED) is 0.334. The SMILES string of the molecule is CCOC(=O)N1CCN(c2cncc(/C(N)=N/NC(=S)SC)n2)CC1. The summed E-state index contributed by atoms with van der Waals surface area (Å²) >= 11 is 6.37. The van der Waals surface area contributed by atoms with Gasteiger partial charge in [0, 0.05) is 26.2 Å². The number of hydrazone groups is 1. The van der Waals surface area contributed by atoms with Gasteiger partial charge in [-0.2, -0.15) is 5.10 Å². The molecule has 0 radical (unpaired) electrons. The summed E-state index contributed by atoms with van der Waals surface area (Å²) < 4.78 is 5.53. The van der Waals surface area contributed by atoms with E-state index < -0.39 is 0 Å². The van der Waals surface area contributed by atoms with E-state index in [0.717, 1.165) is 0 Å². The highest BCUT2D eigenvalue weighted by Crippen LogP contribution is 2.13. The standard InChI is InChI=1S/C14H21N7O2S2/c1-3-23-14(22)21-6-4-20(5-7-21)11-9-16-8-10(17-11)12(15)18-19-13(24)25-2/h8-9H,3-7H2,1-2H3,(H2,15,18)(H,19,24). The van der Waals surface area contributed by atoms with Gasteiger partial charge < -0.3 is 20.3 Å². The summed E-state index contributed by atoms with van der Waals surface area (Å²) in [6.07, 6.45) is 4.77. The normalized spacial score (nSPS) is 15.0. The number of carbonyl (C=O) groups is 1. The maximum absolute atomic E-state index is 11.7. The Kier molecular flexibility index (Phi) is 7.19. The van der Waals surface area contributed by atoms with Crippen molar-refractivity contribution in [3.05, 3.63) is 18.1 Å². The number of carbonyl (C=O) groups excluding carboxylic acids is 1. The second-order valence-corrected chi connectivity index (χ2v) is 6.52. The Morgan fingerprint density at radius 1 is 1.44 bits per heavy atom. The van der Waals surface area contributed by atoms with Gasteiger partial charge in [-0.25, -0.2) is 9.78 Å². The number of hydrogen-bond acceptors (Lipinski definition) is 8. The number of thioether (sulfide) groups is 1. The lowest BCUT2D eigenvalue weighted by Gasteiger charge is -2.34. The summed E-state index contributed by atoms with van der Waals surface area (Å²) in [5, 5.41) is 4.00. The summed E-state index contributed by atoms with van der Waals surface area (Å²) in [6, 6.07) is 0. The fourth-order valence-corrected chi connectivity index (χ4v) is 2.36. The van der Waals surface area contributed by atoms with Crippen LogP contribution in [-0.4, -0.2) is 70.2 Å². The third kappa shape index (κ3) is 5.43. The van der Waals surface area contributed by atoms with Crippen LogP contribution in [0.4, 0.5) is 10.6 Å². The van der Waals surface area contributed by atoms with Crippen LogP contribution in [0.1, 0.15) is 12.6 Å². The average molecular weight is 384 g/mol. The lowest BCUT2D eigenvalue weighted by molar-refractivity contribution is 0.105. The molecule has 2 heterocycles. The molecule has 25 heavy (non-hydrogen) atoms. The molecule has 1 aliphatic heterocycles. The zero-order valence-electron chi connectivity index (χ0n) is 14.1. The zero-order valence-corrected chi connectivity index (χ0v) is 15.8. The van der Waals surface area contributed by atoms with E-state index in [0.29, 0.717) is 48.6 Å². The molecule has 2 rings (SSSR count). The van der Waals surface area contributed by atoms with Gasteiger partial charge in [0.15, 0.2) is 10.2 Å². The van der Waals surface area contributed by atoms with Gasteiger partial charge in [0.1, 0.15) is 11.5 Å². The molecule has 1 aromatic heterocycles. The van der Waals surface area contributed by atoms with Crippen LogP contribution in [0.2, 0.25) is 0 Å². The molecule has 0 unspecified atom stereocenters. The van der Waals surface area contributed by atoms with E-state index in [1.54, 1.807) is 24.2 Å². The Labute approximate surface area is 156 Å². The number of aromatic nitrogens is 2. The number of anilines is 1. The van der Waals surface area contributed by atoms with Crippen LogP contribution < -0.4 is 16.1 Å². The largest absolute Gasteiger partial charge is 0.450 e. The van der Waals surface area contributed by atoms with Gasteiger partial charge in [-0.3, -0.25) is 10.4 Å². The van der Waals surface area contributed by atoms with Gasteiger partial charge in [0.2, 0.25) is 0 Å². The first-order chi connectivity index (χ1) is 12.0.